The summed E-state index contributed by atoms with van der Waals surface area (Å²) in [6.07, 6.45) is 0. The molecule has 0 aliphatic rings. The molecule has 1 aromatic carbocycles. The molecule has 0 atom stereocenters. The van der Waals surface area contributed by atoms with Gasteiger partial charge in [0.05, 0.1) is 18.1 Å². The average molecular weight is 394 g/mol. The summed E-state index contributed by atoms with van der Waals surface area (Å²) in [4.78, 5) is 30.9. The summed E-state index contributed by atoms with van der Waals surface area (Å²) in [6, 6.07) is 8.69. The zero-order valence-corrected chi connectivity index (χ0v) is 16.7. The molecule has 2 rings (SSSR count). The largest absolute Gasteiger partial charge is 0.494 e. The Hall–Kier alpha value is -1.93. The van der Waals surface area contributed by atoms with Crippen molar-refractivity contribution in [2.45, 2.75) is 36.9 Å². The van der Waals surface area contributed by atoms with Crippen LogP contribution in [0.5, 0.6) is 5.75 Å². The monoisotopic (exact) mass is 393 g/mol. The van der Waals surface area contributed by atoms with Crippen LogP contribution in [-0.4, -0.2) is 33.5 Å². The van der Waals surface area contributed by atoms with Crippen molar-refractivity contribution in [1.82, 2.24) is 9.97 Å². The maximum Gasteiger partial charge on any atom is 0.251 e. The number of H-pyrrole nitrogens is 1. The molecule has 1 amide bonds. The molecular weight excluding hydrogens is 370 g/mol. The Morgan fingerprint density at radius 3 is 2.69 bits per heavy atom. The molecule has 0 aliphatic carbocycles. The van der Waals surface area contributed by atoms with Crippen molar-refractivity contribution in [2.24, 2.45) is 0 Å². The lowest BCUT2D eigenvalue weighted by molar-refractivity contribution is -0.113. The number of hydrogen-bond donors (Lipinski definition) is 2. The maximum atomic E-state index is 12.1. The molecule has 2 N–H and O–H groups in total. The third-order valence-electron chi connectivity index (χ3n) is 3.13. The van der Waals surface area contributed by atoms with Crippen LogP contribution in [0.3, 0.4) is 0 Å². The maximum absolute atomic E-state index is 12.1. The van der Waals surface area contributed by atoms with Crippen molar-refractivity contribution >= 4 is 35.1 Å². The molecule has 140 valence electrons. The highest BCUT2D eigenvalue weighted by atomic mass is 32.2. The van der Waals surface area contributed by atoms with Crippen LogP contribution >= 0.6 is 23.5 Å². The van der Waals surface area contributed by atoms with Crippen LogP contribution in [0.2, 0.25) is 0 Å². The summed E-state index contributed by atoms with van der Waals surface area (Å²) in [5.41, 5.74) is 1.22. The first-order valence-corrected chi connectivity index (χ1v) is 10.4. The molecule has 8 heteroatoms. The standard InChI is InChI=1S/C18H23N3O3S2/c1-4-24-15-7-5-13(6-8-15)19-17(23)11-26-18-20-14(9-16(22)21-18)10-25-12(2)3/h5-9,12H,4,10-11H2,1-3H3,(H,19,23)(H,20,21,22). The number of aromatic amines is 1. The van der Waals surface area contributed by atoms with Crippen LogP contribution in [0.15, 0.2) is 40.3 Å². The molecule has 0 saturated carbocycles. The van der Waals surface area contributed by atoms with E-state index in [0.717, 1.165) is 11.4 Å². The van der Waals surface area contributed by atoms with Crippen molar-refractivity contribution in [3.8, 4) is 5.75 Å². The Kier molecular flexibility index (Phi) is 8.06. The first-order valence-electron chi connectivity index (χ1n) is 8.33. The zero-order valence-electron chi connectivity index (χ0n) is 15.1. The van der Waals surface area contributed by atoms with Crippen molar-refractivity contribution < 1.29 is 9.53 Å². The number of carbonyl (C=O) groups is 1. The van der Waals surface area contributed by atoms with Gasteiger partial charge in [-0.3, -0.25) is 9.59 Å². The quantitative estimate of drug-likeness (QED) is 0.501. The fourth-order valence-electron chi connectivity index (χ4n) is 2.01. The highest BCUT2D eigenvalue weighted by Crippen LogP contribution is 2.19. The van der Waals surface area contributed by atoms with Gasteiger partial charge in [0.2, 0.25) is 5.91 Å². The van der Waals surface area contributed by atoms with Crippen molar-refractivity contribution in [2.75, 3.05) is 17.7 Å². The van der Waals surface area contributed by atoms with Gasteiger partial charge < -0.3 is 15.0 Å². The van der Waals surface area contributed by atoms with E-state index < -0.39 is 0 Å². The van der Waals surface area contributed by atoms with Crippen LogP contribution in [0, 0.1) is 0 Å². The Balaban J connectivity index is 1.89. The molecule has 1 aromatic heterocycles. The molecule has 0 radical (unpaired) electrons. The van der Waals surface area contributed by atoms with E-state index in [1.165, 1.54) is 17.8 Å². The van der Waals surface area contributed by atoms with Gasteiger partial charge in [0.25, 0.3) is 5.56 Å². The van der Waals surface area contributed by atoms with Crippen LogP contribution in [0.1, 0.15) is 26.5 Å². The number of hydrogen-bond acceptors (Lipinski definition) is 6. The summed E-state index contributed by atoms with van der Waals surface area (Å²) in [7, 11) is 0. The Bertz CT molecular complexity index is 776. The van der Waals surface area contributed by atoms with Crippen molar-refractivity contribution in [3.05, 3.63) is 46.4 Å². The Morgan fingerprint density at radius 2 is 2.04 bits per heavy atom. The lowest BCUT2D eigenvalue weighted by Crippen LogP contribution is -2.15. The molecular formula is C18H23N3O3S2. The minimum absolute atomic E-state index is 0.163. The fraction of sp³-hybridized carbons (Fsp3) is 0.389. The molecule has 1 heterocycles. The van der Waals surface area contributed by atoms with E-state index in [1.54, 1.807) is 36.0 Å². The zero-order chi connectivity index (χ0) is 18.9. The smallest absolute Gasteiger partial charge is 0.251 e. The average Bonchev–Trinajstić information content (AvgIpc) is 2.60. The van der Waals surface area contributed by atoms with E-state index >= 15 is 0 Å². The van der Waals surface area contributed by atoms with Crippen LogP contribution in [0.4, 0.5) is 5.69 Å². The summed E-state index contributed by atoms with van der Waals surface area (Å²) in [6.45, 7) is 6.71. The number of carbonyl (C=O) groups excluding carboxylic acids is 1. The van der Waals surface area contributed by atoms with E-state index in [4.69, 9.17) is 4.74 Å². The third kappa shape index (κ3) is 7.13. The molecule has 0 unspecified atom stereocenters. The van der Waals surface area contributed by atoms with Crippen molar-refractivity contribution in [1.29, 1.82) is 0 Å². The number of amides is 1. The van der Waals surface area contributed by atoms with Gasteiger partial charge in [0.15, 0.2) is 5.16 Å². The van der Waals surface area contributed by atoms with Gasteiger partial charge in [0.1, 0.15) is 5.75 Å². The summed E-state index contributed by atoms with van der Waals surface area (Å²) in [5, 5.41) is 3.73. The number of nitrogens with zero attached hydrogens (tertiary/aromatic N) is 1. The van der Waals surface area contributed by atoms with Crippen LogP contribution in [0.25, 0.3) is 0 Å². The Labute approximate surface area is 161 Å². The topological polar surface area (TPSA) is 84.1 Å². The number of ether oxygens (including phenoxy) is 1. The minimum Gasteiger partial charge on any atom is -0.494 e. The molecule has 0 saturated heterocycles. The number of thioether (sulfide) groups is 2. The summed E-state index contributed by atoms with van der Waals surface area (Å²) >= 11 is 2.93. The Morgan fingerprint density at radius 1 is 1.31 bits per heavy atom. The van der Waals surface area contributed by atoms with Gasteiger partial charge in [-0.2, -0.15) is 11.8 Å². The molecule has 0 aliphatic heterocycles. The normalized spacial score (nSPS) is 10.8. The number of benzene rings is 1. The second-order valence-electron chi connectivity index (χ2n) is 5.70. The van der Waals surface area contributed by atoms with E-state index in [1.807, 2.05) is 6.92 Å². The molecule has 0 spiro atoms. The molecule has 6 nitrogen and oxygen atoms in total. The number of aromatic nitrogens is 2. The first-order chi connectivity index (χ1) is 12.5. The lowest BCUT2D eigenvalue weighted by atomic mass is 10.3. The molecule has 0 bridgehead atoms. The SMILES string of the molecule is CCOc1ccc(NC(=O)CSc2nc(CSC(C)C)cc(=O)[nH]2)cc1. The van der Waals surface area contributed by atoms with Gasteiger partial charge in [-0.25, -0.2) is 4.98 Å². The molecule has 26 heavy (non-hydrogen) atoms. The van der Waals surface area contributed by atoms with E-state index in [9.17, 15) is 9.59 Å². The van der Waals surface area contributed by atoms with Gasteiger partial charge in [-0.15, -0.1) is 0 Å². The van der Waals surface area contributed by atoms with Gasteiger partial charge in [-0.05, 0) is 36.4 Å². The van der Waals surface area contributed by atoms with E-state index in [0.29, 0.717) is 28.5 Å². The summed E-state index contributed by atoms with van der Waals surface area (Å²) in [5.74, 6) is 1.44. The second kappa shape index (κ2) is 10.3. The van der Waals surface area contributed by atoms with Gasteiger partial charge >= 0.3 is 0 Å². The predicted octanol–water partition coefficient (Wildman–Crippen LogP) is 3.54. The second-order valence-corrected chi connectivity index (χ2v) is 8.22. The highest BCUT2D eigenvalue weighted by molar-refractivity contribution is 7.99. The predicted molar refractivity (Wildman–Crippen MR) is 108 cm³/mol. The summed E-state index contributed by atoms with van der Waals surface area (Å²) < 4.78 is 5.37. The molecule has 0 fully saturated rings. The molecule has 2 aromatic rings. The van der Waals surface area contributed by atoms with Crippen LogP contribution < -0.4 is 15.6 Å². The lowest BCUT2D eigenvalue weighted by Gasteiger charge is -2.08. The van der Waals surface area contributed by atoms with E-state index in [-0.39, 0.29) is 17.2 Å². The fourth-order valence-corrected chi connectivity index (χ4v) is 3.36. The number of nitrogens with one attached hydrogen (secondary N) is 2. The van der Waals surface area contributed by atoms with Crippen molar-refractivity contribution in [3.63, 3.8) is 0 Å². The minimum atomic E-state index is -0.200. The number of rotatable bonds is 9. The third-order valence-corrected chi connectivity index (χ3v) is 5.13. The van der Waals surface area contributed by atoms with Gasteiger partial charge in [0, 0.05) is 17.5 Å². The highest BCUT2D eigenvalue weighted by Gasteiger charge is 2.08. The number of anilines is 1. The first kappa shape index (κ1) is 20.4. The van der Waals surface area contributed by atoms with Crippen LogP contribution in [-0.2, 0) is 10.5 Å². The van der Waals surface area contributed by atoms with Gasteiger partial charge in [-0.1, -0.05) is 25.6 Å². The van der Waals surface area contributed by atoms with E-state index in [2.05, 4.69) is 29.1 Å².